The maximum atomic E-state index is 12.2. The quantitative estimate of drug-likeness (QED) is 0.447. The molecule has 0 spiro atoms. The summed E-state index contributed by atoms with van der Waals surface area (Å²) in [7, 11) is 0. The minimum absolute atomic E-state index is 0.0638. The second kappa shape index (κ2) is 7.65. The second-order valence-corrected chi connectivity index (χ2v) is 6.90. The summed E-state index contributed by atoms with van der Waals surface area (Å²) in [5, 5.41) is 9.36. The van der Waals surface area contributed by atoms with Crippen LogP contribution >= 0.6 is 0 Å². The van der Waals surface area contributed by atoms with Crippen molar-refractivity contribution in [3.63, 3.8) is 0 Å². The molecule has 24 heavy (non-hydrogen) atoms. The maximum absolute atomic E-state index is 12.2. The third-order valence-corrected chi connectivity index (χ3v) is 5.17. The number of carbonyl (C=O) groups excluding carboxylic acids is 1. The van der Waals surface area contributed by atoms with Gasteiger partial charge in [0.2, 0.25) is 0 Å². The average Bonchev–Trinajstić information content (AvgIpc) is 2.52. The van der Waals surface area contributed by atoms with E-state index in [2.05, 4.69) is 19.7 Å². The van der Waals surface area contributed by atoms with Crippen molar-refractivity contribution in [1.29, 1.82) is 0 Å². The van der Waals surface area contributed by atoms with Crippen LogP contribution in [0.4, 0.5) is 0 Å². The zero-order valence-corrected chi connectivity index (χ0v) is 15.1. The molecule has 4 atom stereocenters. The summed E-state index contributed by atoms with van der Waals surface area (Å²) in [5.41, 5.74) is 1.23. The van der Waals surface area contributed by atoms with Gasteiger partial charge in [0.05, 0.1) is 0 Å². The lowest BCUT2D eigenvalue weighted by Crippen LogP contribution is -2.45. The smallest absolute Gasteiger partial charge is 0.333 e. The predicted molar refractivity (Wildman–Crippen MR) is 95.4 cm³/mol. The first-order valence-electron chi connectivity index (χ1n) is 8.12. The maximum Gasteiger partial charge on any atom is 0.333 e. The number of allylic oxidation sites excluding steroid dienone is 3. The molecule has 132 valence electrons. The number of rotatable bonds is 6. The Balaban J connectivity index is 3.22. The lowest BCUT2D eigenvalue weighted by Gasteiger charge is -2.47. The molecule has 0 aromatic carbocycles. The van der Waals surface area contributed by atoms with Crippen molar-refractivity contribution in [3.8, 4) is 0 Å². The van der Waals surface area contributed by atoms with Gasteiger partial charge in [0.1, 0.15) is 6.10 Å². The largest absolute Gasteiger partial charge is 0.478 e. The van der Waals surface area contributed by atoms with Crippen molar-refractivity contribution in [2.24, 2.45) is 17.3 Å². The van der Waals surface area contributed by atoms with Crippen LogP contribution in [0.5, 0.6) is 0 Å². The summed E-state index contributed by atoms with van der Waals surface area (Å²) in [5.74, 6) is -1.86. The molecule has 0 radical (unpaired) electrons. The second-order valence-electron chi connectivity index (χ2n) is 6.90. The van der Waals surface area contributed by atoms with Crippen LogP contribution in [0, 0.1) is 17.3 Å². The van der Waals surface area contributed by atoms with Crippen LogP contribution in [0.2, 0.25) is 0 Å². The Hall–Kier alpha value is -2.10. The highest BCUT2D eigenvalue weighted by Crippen LogP contribution is 2.49. The van der Waals surface area contributed by atoms with E-state index in [-0.39, 0.29) is 16.9 Å². The van der Waals surface area contributed by atoms with E-state index in [4.69, 9.17) is 4.74 Å². The first-order chi connectivity index (χ1) is 11.1. The topological polar surface area (TPSA) is 63.6 Å². The average molecular weight is 332 g/mol. The third kappa shape index (κ3) is 4.05. The molecular weight excluding hydrogens is 304 g/mol. The van der Waals surface area contributed by atoms with Crippen LogP contribution in [0.15, 0.2) is 48.6 Å². The number of esters is 1. The summed E-state index contributed by atoms with van der Waals surface area (Å²) in [6, 6.07) is 0. The van der Waals surface area contributed by atoms with Crippen molar-refractivity contribution in [1.82, 2.24) is 0 Å². The number of aliphatic carboxylic acids is 1. The van der Waals surface area contributed by atoms with Gasteiger partial charge < -0.3 is 9.84 Å². The van der Waals surface area contributed by atoms with E-state index in [0.717, 1.165) is 5.57 Å². The number of ether oxygens (including phenoxy) is 1. The van der Waals surface area contributed by atoms with Gasteiger partial charge in [-0.2, -0.15) is 0 Å². The van der Waals surface area contributed by atoms with Crippen LogP contribution < -0.4 is 0 Å². The van der Waals surface area contributed by atoms with Gasteiger partial charge in [-0.1, -0.05) is 37.8 Å². The molecule has 0 aromatic heterocycles. The summed E-state index contributed by atoms with van der Waals surface area (Å²) < 4.78 is 5.64. The molecule has 0 heterocycles. The van der Waals surface area contributed by atoms with E-state index >= 15 is 0 Å². The highest BCUT2D eigenvalue weighted by Gasteiger charge is 2.46. The first kappa shape index (κ1) is 19.9. The van der Waals surface area contributed by atoms with Gasteiger partial charge in [-0.3, -0.25) is 0 Å². The summed E-state index contributed by atoms with van der Waals surface area (Å²) in [6.45, 7) is 19.1. The van der Waals surface area contributed by atoms with Gasteiger partial charge >= 0.3 is 11.9 Å². The fourth-order valence-corrected chi connectivity index (χ4v) is 3.38. The zero-order valence-electron chi connectivity index (χ0n) is 15.1. The minimum Gasteiger partial charge on any atom is -0.478 e. The first-order valence-corrected chi connectivity index (χ1v) is 8.12. The number of hydrogen-bond donors (Lipinski definition) is 1. The van der Waals surface area contributed by atoms with Crippen molar-refractivity contribution < 1.29 is 19.4 Å². The van der Waals surface area contributed by atoms with Gasteiger partial charge in [0, 0.05) is 17.1 Å². The number of carbonyl (C=O) groups is 2. The van der Waals surface area contributed by atoms with Gasteiger partial charge in [-0.05, 0) is 44.9 Å². The Bertz CT molecular complexity index is 599. The zero-order chi connectivity index (χ0) is 18.7. The molecule has 0 saturated heterocycles. The molecule has 1 fully saturated rings. The molecule has 4 nitrogen and oxygen atoms in total. The lowest BCUT2D eigenvalue weighted by atomic mass is 9.60. The Morgan fingerprint density at radius 2 is 1.88 bits per heavy atom. The molecule has 0 amide bonds. The van der Waals surface area contributed by atoms with Crippen LogP contribution in [-0.2, 0) is 14.3 Å². The third-order valence-electron chi connectivity index (χ3n) is 5.17. The molecule has 4 unspecified atom stereocenters. The Morgan fingerprint density at radius 3 is 2.29 bits per heavy atom. The summed E-state index contributed by atoms with van der Waals surface area (Å²) in [4.78, 5) is 23.6. The van der Waals surface area contributed by atoms with Crippen LogP contribution in [-0.4, -0.2) is 23.1 Å². The predicted octanol–water partition coefficient (Wildman–Crippen LogP) is 4.30. The number of hydrogen-bond acceptors (Lipinski definition) is 3. The van der Waals surface area contributed by atoms with Gasteiger partial charge in [0.15, 0.2) is 0 Å². The Labute approximate surface area is 144 Å². The molecule has 0 aromatic rings. The highest BCUT2D eigenvalue weighted by atomic mass is 16.5. The number of carboxylic acids is 1. The standard InChI is InChI=1S/C20H28O4/c1-8-13(5)19(23)24-17-11-20(7,9-2)16(12(3)4)10-15(17)14(6)18(21)22/h8-9,15-17H,2-3,6,10-11H2,1,4-5,7H3,(H,21,22). The number of carboxylic acid groups (broad SMARTS) is 1. The molecule has 1 N–H and O–H groups in total. The molecular formula is C20H28O4. The van der Waals surface area contributed by atoms with Crippen molar-refractivity contribution in [3.05, 3.63) is 48.6 Å². The van der Waals surface area contributed by atoms with E-state index in [1.165, 1.54) is 0 Å². The van der Waals surface area contributed by atoms with E-state index in [0.29, 0.717) is 18.4 Å². The Kier molecular flexibility index (Phi) is 6.35. The Morgan fingerprint density at radius 1 is 1.29 bits per heavy atom. The minimum atomic E-state index is -1.06. The van der Waals surface area contributed by atoms with E-state index < -0.39 is 24.0 Å². The van der Waals surface area contributed by atoms with Gasteiger partial charge in [0.25, 0.3) is 0 Å². The fraction of sp³-hybridized carbons (Fsp3) is 0.500. The summed E-state index contributed by atoms with van der Waals surface area (Å²) in [6.07, 6.45) is 4.00. The molecule has 1 saturated carbocycles. The SMILES string of the molecule is C=CC1(C)CC(OC(=O)C(C)=CC)C(C(=C)C(=O)O)CC1C(=C)C. The molecule has 1 aliphatic rings. The molecule has 1 aliphatic carbocycles. The van der Waals surface area contributed by atoms with Crippen LogP contribution in [0.25, 0.3) is 0 Å². The van der Waals surface area contributed by atoms with E-state index in [1.807, 2.05) is 19.9 Å². The normalized spacial score (nSPS) is 30.3. The summed E-state index contributed by atoms with van der Waals surface area (Å²) >= 11 is 0. The molecule has 0 bridgehead atoms. The van der Waals surface area contributed by atoms with E-state index in [9.17, 15) is 14.7 Å². The monoisotopic (exact) mass is 332 g/mol. The van der Waals surface area contributed by atoms with Crippen molar-refractivity contribution in [2.45, 2.75) is 46.6 Å². The molecule has 1 rings (SSSR count). The van der Waals surface area contributed by atoms with Gasteiger partial charge in [-0.25, -0.2) is 9.59 Å². The van der Waals surface area contributed by atoms with E-state index in [1.54, 1.807) is 19.9 Å². The molecule has 0 aliphatic heterocycles. The van der Waals surface area contributed by atoms with Crippen LogP contribution in [0.1, 0.15) is 40.5 Å². The van der Waals surface area contributed by atoms with Crippen LogP contribution in [0.3, 0.4) is 0 Å². The molecule has 4 heteroatoms. The highest BCUT2D eigenvalue weighted by molar-refractivity contribution is 5.88. The van der Waals surface area contributed by atoms with Gasteiger partial charge in [-0.15, -0.1) is 6.58 Å². The lowest BCUT2D eigenvalue weighted by molar-refractivity contribution is -0.152. The van der Waals surface area contributed by atoms with Crippen molar-refractivity contribution in [2.75, 3.05) is 0 Å². The van der Waals surface area contributed by atoms with Crippen molar-refractivity contribution >= 4 is 11.9 Å². The fourth-order valence-electron chi connectivity index (χ4n) is 3.38.